The molecule has 1 aromatic heterocycles. The van der Waals surface area contributed by atoms with E-state index in [2.05, 4.69) is 26.2 Å². The zero-order chi connectivity index (χ0) is 13.3. The second kappa shape index (κ2) is 4.85. The third-order valence-electron chi connectivity index (χ3n) is 2.42. The van der Waals surface area contributed by atoms with Crippen LogP contribution in [0, 0.1) is 5.82 Å². The molecule has 0 aliphatic carbocycles. The average Bonchev–Trinajstić information content (AvgIpc) is 2.68. The van der Waals surface area contributed by atoms with Crippen LogP contribution in [0.15, 0.2) is 22.8 Å². The van der Waals surface area contributed by atoms with E-state index in [1.165, 1.54) is 30.0 Å². The molecule has 2 rings (SSSR count). The van der Waals surface area contributed by atoms with Crippen molar-refractivity contribution in [1.82, 2.24) is 15.0 Å². The Morgan fingerprint density at radius 3 is 2.78 bits per heavy atom. The number of carbonyl (C=O) groups excluding carboxylic acids is 1. The number of nitrogens with zero attached hydrogens (tertiary/aromatic N) is 3. The molecule has 0 bridgehead atoms. The van der Waals surface area contributed by atoms with Crippen LogP contribution in [-0.2, 0) is 7.05 Å². The molecule has 0 spiro atoms. The van der Waals surface area contributed by atoms with Crippen molar-refractivity contribution in [3.8, 4) is 5.75 Å². The van der Waals surface area contributed by atoms with Crippen molar-refractivity contribution < 1.29 is 13.9 Å². The Morgan fingerprint density at radius 2 is 2.22 bits per heavy atom. The molecule has 5 nitrogen and oxygen atoms in total. The molecule has 94 valence electrons. The van der Waals surface area contributed by atoms with Gasteiger partial charge in [-0.3, -0.25) is 4.79 Å². The molecule has 1 aromatic carbocycles. The Kier molecular flexibility index (Phi) is 3.42. The third kappa shape index (κ3) is 2.01. The van der Waals surface area contributed by atoms with E-state index in [9.17, 15) is 9.18 Å². The predicted molar refractivity (Wildman–Crippen MR) is 65.1 cm³/mol. The largest absolute Gasteiger partial charge is 0.496 e. The molecule has 0 unspecified atom stereocenters. The van der Waals surface area contributed by atoms with Crippen molar-refractivity contribution in [2.75, 3.05) is 7.11 Å². The first kappa shape index (κ1) is 12.7. The molecular weight excluding hydrogens is 305 g/mol. The zero-order valence-electron chi connectivity index (χ0n) is 9.65. The van der Waals surface area contributed by atoms with Gasteiger partial charge in [0, 0.05) is 7.05 Å². The Bertz CT molecular complexity index is 593. The van der Waals surface area contributed by atoms with Crippen molar-refractivity contribution in [3.63, 3.8) is 0 Å². The molecular formula is C11H9BrFN3O2. The summed E-state index contributed by atoms with van der Waals surface area (Å²) < 4.78 is 20.3. The first-order valence-electron chi connectivity index (χ1n) is 4.98. The number of methoxy groups -OCH3 is 1. The normalized spacial score (nSPS) is 10.4. The van der Waals surface area contributed by atoms with Crippen LogP contribution in [0.5, 0.6) is 5.75 Å². The lowest BCUT2D eigenvalue weighted by atomic mass is 10.1. The Balaban J connectivity index is 2.60. The molecule has 1 heterocycles. The summed E-state index contributed by atoms with van der Waals surface area (Å²) in [5.74, 6) is -1.01. The van der Waals surface area contributed by atoms with Gasteiger partial charge < -0.3 is 4.74 Å². The molecule has 0 saturated heterocycles. The van der Waals surface area contributed by atoms with E-state index in [-0.39, 0.29) is 21.6 Å². The standard InChI is InChI=1S/C11H9BrFN3O2/c1-16-9(11(12)14-15-16)10(17)8-6(13)4-3-5-7(8)18-2/h3-5H,1-2H3. The van der Waals surface area contributed by atoms with Gasteiger partial charge in [-0.05, 0) is 28.1 Å². The quantitative estimate of drug-likeness (QED) is 0.813. The lowest BCUT2D eigenvalue weighted by Crippen LogP contribution is -2.12. The van der Waals surface area contributed by atoms with Gasteiger partial charge in [-0.25, -0.2) is 9.07 Å². The molecule has 0 N–H and O–H groups in total. The number of aromatic nitrogens is 3. The minimum Gasteiger partial charge on any atom is -0.496 e. The Labute approximate surface area is 111 Å². The minimum absolute atomic E-state index is 0.133. The van der Waals surface area contributed by atoms with E-state index >= 15 is 0 Å². The fraction of sp³-hybridized carbons (Fsp3) is 0.182. The van der Waals surface area contributed by atoms with Gasteiger partial charge in [0.15, 0.2) is 4.60 Å². The molecule has 0 saturated carbocycles. The number of halogens is 2. The first-order valence-corrected chi connectivity index (χ1v) is 5.78. The van der Waals surface area contributed by atoms with Crippen LogP contribution < -0.4 is 4.74 Å². The SMILES string of the molecule is COc1cccc(F)c1C(=O)c1c(Br)nnn1C. The van der Waals surface area contributed by atoms with Crippen molar-refractivity contribution in [3.05, 3.63) is 39.9 Å². The van der Waals surface area contributed by atoms with Crippen LogP contribution in [-0.4, -0.2) is 27.9 Å². The molecule has 0 aliphatic heterocycles. The van der Waals surface area contributed by atoms with Gasteiger partial charge in [0.25, 0.3) is 0 Å². The summed E-state index contributed by atoms with van der Waals surface area (Å²) in [7, 11) is 2.93. The van der Waals surface area contributed by atoms with Gasteiger partial charge >= 0.3 is 0 Å². The second-order valence-corrected chi connectivity index (χ2v) is 4.25. The van der Waals surface area contributed by atoms with Crippen LogP contribution in [0.4, 0.5) is 4.39 Å². The van der Waals surface area contributed by atoms with E-state index in [0.717, 1.165) is 0 Å². The minimum atomic E-state index is -0.646. The maximum Gasteiger partial charge on any atom is 0.220 e. The summed E-state index contributed by atoms with van der Waals surface area (Å²) in [6, 6.07) is 4.20. The maximum absolute atomic E-state index is 13.8. The predicted octanol–water partition coefficient (Wildman–Crippen LogP) is 1.96. The van der Waals surface area contributed by atoms with Gasteiger partial charge in [0.05, 0.1) is 7.11 Å². The summed E-state index contributed by atoms with van der Waals surface area (Å²) in [4.78, 5) is 12.3. The van der Waals surface area contributed by atoms with Crippen LogP contribution in [0.25, 0.3) is 0 Å². The first-order chi connectivity index (χ1) is 8.56. The molecule has 0 fully saturated rings. The summed E-state index contributed by atoms with van der Waals surface area (Å²) >= 11 is 3.11. The number of carbonyl (C=O) groups is 1. The molecule has 0 radical (unpaired) electrons. The monoisotopic (exact) mass is 313 g/mol. The maximum atomic E-state index is 13.8. The van der Waals surface area contributed by atoms with E-state index in [1.54, 1.807) is 7.05 Å². The topological polar surface area (TPSA) is 57.0 Å². The average molecular weight is 314 g/mol. The summed E-state index contributed by atoms with van der Waals surface area (Å²) in [6.07, 6.45) is 0. The van der Waals surface area contributed by atoms with E-state index in [0.29, 0.717) is 0 Å². The molecule has 18 heavy (non-hydrogen) atoms. The van der Waals surface area contributed by atoms with Gasteiger partial charge in [-0.15, -0.1) is 5.10 Å². The fourth-order valence-corrected chi connectivity index (χ4v) is 2.09. The fourth-order valence-electron chi connectivity index (χ4n) is 1.59. The summed E-state index contributed by atoms with van der Waals surface area (Å²) in [5, 5.41) is 7.38. The summed E-state index contributed by atoms with van der Waals surface area (Å²) in [5.41, 5.74) is 0.0319. The number of hydrogen-bond acceptors (Lipinski definition) is 4. The molecule has 2 aromatic rings. The van der Waals surface area contributed by atoms with Crippen molar-refractivity contribution in [2.45, 2.75) is 0 Å². The number of ketones is 1. The Morgan fingerprint density at radius 1 is 1.50 bits per heavy atom. The van der Waals surface area contributed by atoms with Crippen molar-refractivity contribution >= 4 is 21.7 Å². The van der Waals surface area contributed by atoms with Gasteiger partial charge in [-0.1, -0.05) is 11.3 Å². The van der Waals surface area contributed by atoms with E-state index < -0.39 is 11.6 Å². The van der Waals surface area contributed by atoms with Crippen LogP contribution in [0.2, 0.25) is 0 Å². The summed E-state index contributed by atoms with van der Waals surface area (Å²) in [6.45, 7) is 0. The highest BCUT2D eigenvalue weighted by Gasteiger charge is 2.24. The second-order valence-electron chi connectivity index (χ2n) is 3.50. The lowest BCUT2D eigenvalue weighted by Gasteiger charge is -2.08. The number of rotatable bonds is 3. The number of ether oxygens (including phenoxy) is 1. The lowest BCUT2D eigenvalue weighted by molar-refractivity contribution is 0.102. The van der Waals surface area contributed by atoms with Crippen LogP contribution in [0.1, 0.15) is 16.1 Å². The molecule has 7 heteroatoms. The molecule has 0 atom stereocenters. The number of aryl methyl sites for hydroxylation is 1. The van der Waals surface area contributed by atoms with Crippen LogP contribution >= 0.6 is 15.9 Å². The third-order valence-corrected chi connectivity index (χ3v) is 2.96. The zero-order valence-corrected chi connectivity index (χ0v) is 11.2. The van der Waals surface area contributed by atoms with E-state index in [1.807, 2.05) is 0 Å². The molecule has 0 amide bonds. The highest BCUT2D eigenvalue weighted by molar-refractivity contribution is 9.10. The van der Waals surface area contributed by atoms with E-state index in [4.69, 9.17) is 4.74 Å². The van der Waals surface area contributed by atoms with Crippen molar-refractivity contribution in [1.29, 1.82) is 0 Å². The highest BCUT2D eigenvalue weighted by atomic mass is 79.9. The number of hydrogen-bond donors (Lipinski definition) is 0. The number of benzene rings is 1. The van der Waals surface area contributed by atoms with Gasteiger partial charge in [0.2, 0.25) is 5.78 Å². The van der Waals surface area contributed by atoms with Crippen LogP contribution in [0.3, 0.4) is 0 Å². The highest BCUT2D eigenvalue weighted by Crippen LogP contribution is 2.26. The van der Waals surface area contributed by atoms with Gasteiger partial charge in [0.1, 0.15) is 22.8 Å². The van der Waals surface area contributed by atoms with Gasteiger partial charge in [-0.2, -0.15) is 0 Å². The smallest absolute Gasteiger partial charge is 0.220 e. The Hall–Kier alpha value is -1.76. The molecule has 0 aliphatic rings. The van der Waals surface area contributed by atoms with Crippen molar-refractivity contribution in [2.24, 2.45) is 7.05 Å².